The summed E-state index contributed by atoms with van der Waals surface area (Å²) >= 11 is 3.32. The number of benzene rings is 3. The summed E-state index contributed by atoms with van der Waals surface area (Å²) in [7, 11) is 0. The van der Waals surface area contributed by atoms with Gasteiger partial charge in [-0.05, 0) is 53.0 Å². The number of aromatic carboxylic acids is 1. The average molecular weight is 482 g/mol. The van der Waals surface area contributed by atoms with Gasteiger partial charge in [-0.2, -0.15) is 0 Å². The number of nitrogens with zero attached hydrogens (tertiary/aromatic N) is 1. The Hall–Kier alpha value is -3.12. The second-order valence-corrected chi connectivity index (χ2v) is 8.16. The molecule has 0 bridgehead atoms. The molecule has 3 aromatic rings. The standard InChI is InChI=1S/C25H24BrNO4/c1-17-11-13-19(14-12-17)15-27(18(2)20-7-4-3-5-8-20)23(28)16-31-24-21(25(29)30)9-6-10-22(24)26/h3-14,18H,15-16H2,1-2H3,(H,29,30)/t18-/m1/s1. The van der Waals surface area contributed by atoms with E-state index in [2.05, 4.69) is 15.9 Å². The van der Waals surface area contributed by atoms with Gasteiger partial charge in [0.1, 0.15) is 11.3 Å². The fourth-order valence-corrected chi connectivity index (χ4v) is 3.76. The summed E-state index contributed by atoms with van der Waals surface area (Å²) in [5.74, 6) is -1.20. The molecule has 31 heavy (non-hydrogen) atoms. The van der Waals surface area contributed by atoms with Gasteiger partial charge in [-0.25, -0.2) is 4.79 Å². The molecule has 3 aromatic carbocycles. The number of carbonyl (C=O) groups is 2. The molecule has 1 atom stereocenters. The topological polar surface area (TPSA) is 66.8 Å². The van der Waals surface area contributed by atoms with Gasteiger partial charge < -0.3 is 14.7 Å². The van der Waals surface area contributed by atoms with Gasteiger partial charge in [0.15, 0.2) is 6.61 Å². The monoisotopic (exact) mass is 481 g/mol. The van der Waals surface area contributed by atoms with Crippen molar-refractivity contribution < 1.29 is 19.4 Å². The van der Waals surface area contributed by atoms with Gasteiger partial charge in [0, 0.05) is 6.54 Å². The lowest BCUT2D eigenvalue weighted by Gasteiger charge is -2.30. The number of carboxylic acids is 1. The third kappa shape index (κ3) is 5.73. The lowest BCUT2D eigenvalue weighted by molar-refractivity contribution is -0.136. The van der Waals surface area contributed by atoms with E-state index in [0.717, 1.165) is 16.7 Å². The number of halogens is 1. The number of hydrogen-bond donors (Lipinski definition) is 1. The zero-order valence-electron chi connectivity index (χ0n) is 17.4. The molecule has 0 aliphatic carbocycles. The van der Waals surface area contributed by atoms with Crippen LogP contribution in [-0.2, 0) is 11.3 Å². The first kappa shape index (κ1) is 22.6. The highest BCUT2D eigenvalue weighted by molar-refractivity contribution is 9.10. The molecule has 6 heteroatoms. The van der Waals surface area contributed by atoms with Crippen LogP contribution >= 0.6 is 15.9 Å². The van der Waals surface area contributed by atoms with Gasteiger partial charge in [-0.1, -0.05) is 66.2 Å². The van der Waals surface area contributed by atoms with Crippen LogP contribution < -0.4 is 4.74 Å². The summed E-state index contributed by atoms with van der Waals surface area (Å²) in [6.07, 6.45) is 0. The summed E-state index contributed by atoms with van der Waals surface area (Å²) in [5, 5.41) is 9.42. The van der Waals surface area contributed by atoms with E-state index in [1.54, 1.807) is 17.0 Å². The fraction of sp³-hybridized carbons (Fsp3) is 0.200. The number of carboxylic acid groups (broad SMARTS) is 1. The second-order valence-electron chi connectivity index (χ2n) is 7.30. The number of amides is 1. The van der Waals surface area contributed by atoms with Crippen molar-refractivity contribution in [2.75, 3.05) is 6.61 Å². The molecule has 0 aromatic heterocycles. The summed E-state index contributed by atoms with van der Waals surface area (Å²) < 4.78 is 6.18. The Bertz CT molecular complexity index is 1050. The van der Waals surface area contributed by atoms with Crippen molar-refractivity contribution >= 4 is 27.8 Å². The average Bonchev–Trinajstić information content (AvgIpc) is 2.77. The van der Waals surface area contributed by atoms with Crippen molar-refractivity contribution in [1.29, 1.82) is 0 Å². The largest absolute Gasteiger partial charge is 0.482 e. The van der Waals surface area contributed by atoms with Crippen LogP contribution in [0.5, 0.6) is 5.75 Å². The summed E-state index contributed by atoms with van der Waals surface area (Å²) in [6.45, 7) is 4.14. The number of carbonyl (C=O) groups excluding carboxylic acids is 1. The number of ether oxygens (including phenoxy) is 1. The molecule has 0 aliphatic rings. The summed E-state index contributed by atoms with van der Waals surface area (Å²) in [4.78, 5) is 26.5. The first-order valence-electron chi connectivity index (χ1n) is 9.91. The van der Waals surface area contributed by atoms with Gasteiger partial charge >= 0.3 is 5.97 Å². The second kappa shape index (κ2) is 10.3. The molecule has 0 fully saturated rings. The molecular formula is C25H24BrNO4. The van der Waals surface area contributed by atoms with E-state index < -0.39 is 5.97 Å². The zero-order valence-corrected chi connectivity index (χ0v) is 19.0. The van der Waals surface area contributed by atoms with Crippen LogP contribution in [0.1, 0.15) is 40.0 Å². The third-order valence-electron chi connectivity index (χ3n) is 5.08. The molecule has 3 rings (SSSR count). The molecule has 0 saturated heterocycles. The molecule has 5 nitrogen and oxygen atoms in total. The Balaban J connectivity index is 1.84. The minimum atomic E-state index is -1.11. The van der Waals surface area contributed by atoms with Crippen molar-refractivity contribution in [3.05, 3.63) is 99.5 Å². The number of aryl methyl sites for hydroxylation is 1. The molecular weight excluding hydrogens is 458 g/mol. The molecule has 160 valence electrons. The van der Waals surface area contributed by atoms with E-state index in [4.69, 9.17) is 4.74 Å². The molecule has 1 N–H and O–H groups in total. The molecule has 0 unspecified atom stereocenters. The Morgan fingerprint density at radius 3 is 2.32 bits per heavy atom. The van der Waals surface area contributed by atoms with Crippen molar-refractivity contribution in [2.45, 2.75) is 26.4 Å². The smallest absolute Gasteiger partial charge is 0.339 e. The maximum absolute atomic E-state index is 13.2. The highest BCUT2D eigenvalue weighted by Crippen LogP contribution is 2.30. The van der Waals surface area contributed by atoms with Crippen LogP contribution in [0, 0.1) is 6.92 Å². The van der Waals surface area contributed by atoms with E-state index in [1.807, 2.05) is 68.4 Å². The Kier molecular flexibility index (Phi) is 7.47. The maximum atomic E-state index is 13.2. The van der Waals surface area contributed by atoms with E-state index in [0.29, 0.717) is 11.0 Å². The van der Waals surface area contributed by atoms with E-state index in [9.17, 15) is 14.7 Å². The highest BCUT2D eigenvalue weighted by atomic mass is 79.9. The van der Waals surface area contributed by atoms with Gasteiger partial charge in [0.05, 0.1) is 10.5 Å². The van der Waals surface area contributed by atoms with Crippen LogP contribution in [0.2, 0.25) is 0 Å². The lowest BCUT2D eigenvalue weighted by Crippen LogP contribution is -2.36. The first-order valence-corrected chi connectivity index (χ1v) is 10.7. The number of rotatable bonds is 8. The molecule has 0 saturated carbocycles. The lowest BCUT2D eigenvalue weighted by atomic mass is 10.1. The zero-order chi connectivity index (χ0) is 22.4. The maximum Gasteiger partial charge on any atom is 0.339 e. The number of hydrogen-bond acceptors (Lipinski definition) is 3. The molecule has 1 amide bonds. The van der Waals surface area contributed by atoms with Crippen molar-refractivity contribution in [1.82, 2.24) is 4.90 Å². The summed E-state index contributed by atoms with van der Waals surface area (Å²) in [6, 6.07) is 22.4. The van der Waals surface area contributed by atoms with Crippen LogP contribution in [-0.4, -0.2) is 28.5 Å². The van der Waals surface area contributed by atoms with Gasteiger partial charge in [0.25, 0.3) is 5.91 Å². The molecule has 0 aliphatic heterocycles. The Morgan fingerprint density at radius 1 is 1.00 bits per heavy atom. The van der Waals surface area contributed by atoms with Crippen LogP contribution in [0.4, 0.5) is 0 Å². The van der Waals surface area contributed by atoms with E-state index >= 15 is 0 Å². The van der Waals surface area contributed by atoms with Crippen LogP contribution in [0.25, 0.3) is 0 Å². The number of para-hydroxylation sites is 1. The predicted molar refractivity (Wildman–Crippen MR) is 123 cm³/mol. The van der Waals surface area contributed by atoms with Crippen molar-refractivity contribution in [2.24, 2.45) is 0 Å². The molecule has 0 spiro atoms. The molecule has 0 heterocycles. The Morgan fingerprint density at radius 2 is 1.68 bits per heavy atom. The van der Waals surface area contributed by atoms with Crippen molar-refractivity contribution in [3.8, 4) is 5.75 Å². The predicted octanol–water partition coefficient (Wildman–Crippen LogP) is 5.62. The minimum absolute atomic E-state index is 0.00312. The van der Waals surface area contributed by atoms with E-state index in [1.165, 1.54) is 6.07 Å². The first-order chi connectivity index (χ1) is 14.9. The Labute approximate surface area is 190 Å². The quantitative estimate of drug-likeness (QED) is 0.452. The third-order valence-corrected chi connectivity index (χ3v) is 5.71. The highest BCUT2D eigenvalue weighted by Gasteiger charge is 2.24. The van der Waals surface area contributed by atoms with E-state index in [-0.39, 0.29) is 29.9 Å². The van der Waals surface area contributed by atoms with Gasteiger partial charge in [-0.15, -0.1) is 0 Å². The fourth-order valence-electron chi connectivity index (χ4n) is 3.28. The van der Waals surface area contributed by atoms with Crippen molar-refractivity contribution in [3.63, 3.8) is 0 Å². The SMILES string of the molecule is Cc1ccc(CN(C(=O)COc2c(Br)cccc2C(=O)O)[C@H](C)c2ccccc2)cc1. The normalized spacial score (nSPS) is 11.6. The van der Waals surface area contributed by atoms with Crippen LogP contribution in [0.3, 0.4) is 0 Å². The van der Waals surface area contributed by atoms with Gasteiger partial charge in [-0.3, -0.25) is 4.79 Å². The summed E-state index contributed by atoms with van der Waals surface area (Å²) in [5.41, 5.74) is 3.17. The van der Waals surface area contributed by atoms with Gasteiger partial charge in [0.2, 0.25) is 0 Å². The van der Waals surface area contributed by atoms with Crippen LogP contribution in [0.15, 0.2) is 77.3 Å². The molecule has 0 radical (unpaired) electrons. The minimum Gasteiger partial charge on any atom is -0.482 e.